The van der Waals surface area contributed by atoms with Crippen molar-refractivity contribution in [1.82, 2.24) is 0 Å². The van der Waals surface area contributed by atoms with Gasteiger partial charge in [0.1, 0.15) is 11.6 Å². The minimum absolute atomic E-state index is 0.282. The number of Topliss-reactive ketones (excluding diaryl/α,β-unsaturated/α-hetero) is 1. The average molecular weight is 300 g/mol. The summed E-state index contributed by atoms with van der Waals surface area (Å²) in [5, 5.41) is 1.58. The molecule has 0 saturated heterocycles. The van der Waals surface area contributed by atoms with Gasteiger partial charge in [-0.3, -0.25) is 9.80 Å². The van der Waals surface area contributed by atoms with Crippen LogP contribution in [0.4, 0.5) is 10.1 Å². The molecule has 0 heterocycles. The van der Waals surface area contributed by atoms with Crippen molar-refractivity contribution in [3.05, 3.63) is 53.0 Å². The van der Waals surface area contributed by atoms with E-state index in [1.807, 2.05) is 13.8 Å². The molecule has 1 aromatic rings. The summed E-state index contributed by atoms with van der Waals surface area (Å²) in [4.78, 5) is 12.3. The number of carbonyl (C=O) groups is 1. The maximum absolute atomic E-state index is 13.1. The van der Waals surface area contributed by atoms with Crippen LogP contribution in [-0.2, 0) is 4.79 Å². The number of benzene rings is 1. The molecule has 0 aromatic heterocycles. The van der Waals surface area contributed by atoms with Gasteiger partial charge < -0.3 is 0 Å². The number of nitrogens with zero attached hydrogens (tertiary/aromatic N) is 1. The molecular formula is C18H21FN2O. The van der Waals surface area contributed by atoms with E-state index in [1.165, 1.54) is 17.7 Å². The normalized spacial score (nSPS) is 24.9. The van der Waals surface area contributed by atoms with Gasteiger partial charge >= 0.3 is 0 Å². The molecule has 116 valence electrons. The first-order valence-electron chi connectivity index (χ1n) is 7.66. The molecule has 22 heavy (non-hydrogen) atoms. The number of carbonyl (C=O) groups excluding carboxylic acids is 1. The number of ketones is 1. The van der Waals surface area contributed by atoms with Crippen LogP contribution in [-0.4, -0.2) is 5.78 Å². The number of rotatable bonds is 2. The Morgan fingerprint density at radius 1 is 1.23 bits per heavy atom. The summed E-state index contributed by atoms with van der Waals surface area (Å²) in [5.74, 6) is 6.28. The zero-order valence-electron chi connectivity index (χ0n) is 13.0. The lowest BCUT2D eigenvalue weighted by atomic mass is 9.65. The first-order chi connectivity index (χ1) is 10.4. The van der Waals surface area contributed by atoms with Gasteiger partial charge in [-0.2, -0.15) is 0 Å². The van der Waals surface area contributed by atoms with E-state index in [4.69, 9.17) is 5.84 Å². The van der Waals surface area contributed by atoms with Crippen molar-refractivity contribution in [2.45, 2.75) is 39.5 Å². The molecule has 0 bridgehead atoms. The lowest BCUT2D eigenvalue weighted by molar-refractivity contribution is -0.127. The fraction of sp³-hybridized carbons (Fsp3) is 0.389. The molecule has 4 heteroatoms. The Morgan fingerprint density at radius 3 is 2.59 bits per heavy atom. The van der Waals surface area contributed by atoms with Gasteiger partial charge in [0, 0.05) is 6.42 Å². The molecule has 0 aliphatic heterocycles. The molecule has 3 nitrogen and oxygen atoms in total. The van der Waals surface area contributed by atoms with Crippen molar-refractivity contribution in [3.63, 3.8) is 0 Å². The lowest BCUT2D eigenvalue weighted by Crippen LogP contribution is -2.39. The number of halogens is 1. The molecule has 1 atom stereocenters. The summed E-state index contributed by atoms with van der Waals surface area (Å²) in [7, 11) is 0. The second-order valence-corrected chi connectivity index (χ2v) is 6.47. The van der Waals surface area contributed by atoms with Gasteiger partial charge in [0.05, 0.1) is 16.8 Å². The zero-order chi connectivity index (χ0) is 15.9. The van der Waals surface area contributed by atoms with Gasteiger partial charge in [0.2, 0.25) is 0 Å². The third-order valence-corrected chi connectivity index (χ3v) is 4.91. The van der Waals surface area contributed by atoms with Crippen LogP contribution in [0.2, 0.25) is 0 Å². The third kappa shape index (κ3) is 2.37. The molecule has 0 unspecified atom stereocenters. The van der Waals surface area contributed by atoms with Crippen molar-refractivity contribution < 1.29 is 9.18 Å². The maximum Gasteiger partial charge on any atom is 0.143 e. The van der Waals surface area contributed by atoms with E-state index in [2.05, 4.69) is 6.08 Å². The molecule has 1 aromatic carbocycles. The van der Waals surface area contributed by atoms with E-state index in [-0.39, 0.29) is 11.2 Å². The van der Waals surface area contributed by atoms with Gasteiger partial charge in [-0.1, -0.05) is 5.57 Å². The molecule has 3 rings (SSSR count). The molecule has 2 aliphatic rings. The second-order valence-electron chi connectivity index (χ2n) is 6.47. The largest absolute Gasteiger partial charge is 0.299 e. The first kappa shape index (κ1) is 15.0. The Kier molecular flexibility index (Phi) is 3.65. The summed E-state index contributed by atoms with van der Waals surface area (Å²) < 4.78 is 13.1. The van der Waals surface area contributed by atoms with Gasteiger partial charge in [0.25, 0.3) is 0 Å². The van der Waals surface area contributed by atoms with E-state index in [0.717, 1.165) is 29.8 Å². The molecule has 0 spiro atoms. The monoisotopic (exact) mass is 300 g/mol. The Labute approximate surface area is 130 Å². The highest BCUT2D eigenvalue weighted by molar-refractivity contribution is 5.89. The van der Waals surface area contributed by atoms with Crippen LogP contribution in [0.1, 0.15) is 39.5 Å². The Hall–Kier alpha value is -1.94. The smallest absolute Gasteiger partial charge is 0.143 e. The maximum atomic E-state index is 13.1. The third-order valence-electron chi connectivity index (χ3n) is 4.91. The van der Waals surface area contributed by atoms with E-state index in [0.29, 0.717) is 18.6 Å². The number of nitrogens with two attached hydrogens (primary N) is 1. The van der Waals surface area contributed by atoms with E-state index < -0.39 is 0 Å². The highest BCUT2D eigenvalue weighted by atomic mass is 19.1. The van der Waals surface area contributed by atoms with Crippen molar-refractivity contribution in [2.75, 3.05) is 5.01 Å². The molecule has 2 N–H and O–H groups in total. The number of hydrogen-bond acceptors (Lipinski definition) is 3. The van der Waals surface area contributed by atoms with Crippen molar-refractivity contribution >= 4 is 11.5 Å². The van der Waals surface area contributed by atoms with Crippen LogP contribution in [0.15, 0.2) is 47.2 Å². The Balaban J connectivity index is 1.96. The highest BCUT2D eigenvalue weighted by Crippen LogP contribution is 2.47. The summed E-state index contributed by atoms with van der Waals surface area (Å²) >= 11 is 0. The van der Waals surface area contributed by atoms with E-state index >= 15 is 0 Å². The summed E-state index contributed by atoms with van der Waals surface area (Å²) in [6, 6.07) is 6.12. The van der Waals surface area contributed by atoms with E-state index in [9.17, 15) is 9.18 Å². The number of hydrazine groups is 1. The van der Waals surface area contributed by atoms with Gasteiger partial charge in [-0.25, -0.2) is 10.2 Å². The molecule has 2 aliphatic carbocycles. The van der Waals surface area contributed by atoms with Crippen LogP contribution in [0.5, 0.6) is 0 Å². The summed E-state index contributed by atoms with van der Waals surface area (Å²) in [5.41, 5.74) is 3.54. The van der Waals surface area contributed by atoms with Crippen LogP contribution < -0.4 is 10.9 Å². The van der Waals surface area contributed by atoms with Crippen LogP contribution in [0.3, 0.4) is 0 Å². The number of allylic oxidation sites excluding steroid dienone is 3. The summed E-state index contributed by atoms with van der Waals surface area (Å²) in [6.45, 7) is 4.05. The molecule has 1 fully saturated rings. The lowest BCUT2D eigenvalue weighted by Gasteiger charge is -2.40. The first-order valence-corrected chi connectivity index (χ1v) is 7.66. The topological polar surface area (TPSA) is 46.3 Å². The minimum atomic E-state index is -0.366. The molecule has 0 radical (unpaired) electrons. The van der Waals surface area contributed by atoms with Crippen molar-refractivity contribution in [3.8, 4) is 0 Å². The molecular weight excluding hydrogens is 279 g/mol. The van der Waals surface area contributed by atoms with Gasteiger partial charge in [-0.15, -0.1) is 0 Å². The average Bonchev–Trinajstić information content (AvgIpc) is 2.48. The standard InChI is InChI=1S/C18H21FN2O/c1-12-11-18(2)13(4-3-5-17(18)22)10-16(12)21(20)15-8-6-14(19)7-9-15/h6-10H,3-5,11,20H2,1-2H3/t18-/m0/s1. The second kappa shape index (κ2) is 5.36. The van der Waals surface area contributed by atoms with Crippen LogP contribution in [0.25, 0.3) is 0 Å². The molecule has 1 saturated carbocycles. The highest BCUT2D eigenvalue weighted by Gasteiger charge is 2.41. The number of hydrogen-bond donors (Lipinski definition) is 1. The predicted molar refractivity (Wildman–Crippen MR) is 85.4 cm³/mol. The number of anilines is 1. The molecule has 0 amide bonds. The quantitative estimate of drug-likeness (QED) is 0.666. The van der Waals surface area contributed by atoms with Crippen LogP contribution in [0, 0.1) is 11.2 Å². The Morgan fingerprint density at radius 2 is 1.91 bits per heavy atom. The van der Waals surface area contributed by atoms with E-state index in [1.54, 1.807) is 17.1 Å². The minimum Gasteiger partial charge on any atom is -0.299 e. The SMILES string of the molecule is CC1=C(N(N)c2ccc(F)cc2)C=C2CCCC(=O)[C@@]2(C)C1. The fourth-order valence-electron chi connectivity index (χ4n) is 3.54. The van der Waals surface area contributed by atoms with Crippen molar-refractivity contribution in [1.29, 1.82) is 0 Å². The Bertz CT molecular complexity index is 675. The van der Waals surface area contributed by atoms with Crippen molar-refractivity contribution in [2.24, 2.45) is 11.3 Å². The number of fused-ring (bicyclic) bond motifs is 1. The fourth-order valence-corrected chi connectivity index (χ4v) is 3.54. The van der Waals surface area contributed by atoms with Gasteiger partial charge in [0.15, 0.2) is 0 Å². The van der Waals surface area contributed by atoms with Gasteiger partial charge in [-0.05, 0) is 69.0 Å². The summed E-state index contributed by atoms with van der Waals surface area (Å²) in [6.07, 6.45) is 5.28. The zero-order valence-corrected chi connectivity index (χ0v) is 13.0. The predicted octanol–water partition coefficient (Wildman–Crippen LogP) is 3.87. The van der Waals surface area contributed by atoms with Crippen LogP contribution >= 0.6 is 0 Å².